The van der Waals surface area contributed by atoms with Gasteiger partial charge in [0.05, 0.1) is 0 Å². The summed E-state index contributed by atoms with van der Waals surface area (Å²) in [5.74, 6) is 0. The number of unbranched alkanes of at least 4 members (excludes halogenated alkanes) is 7. The molecular weight excluding hydrogens is 334 g/mol. The summed E-state index contributed by atoms with van der Waals surface area (Å²) in [6, 6.07) is 0. The van der Waals surface area contributed by atoms with E-state index in [0.717, 1.165) is 13.1 Å². The van der Waals surface area contributed by atoms with Gasteiger partial charge in [-0.15, -0.1) is 0 Å². The van der Waals surface area contributed by atoms with Crippen LogP contribution in [0.4, 0.5) is 0 Å². The predicted molar refractivity (Wildman–Crippen MR) is 79.9 cm³/mol. The topological polar surface area (TPSA) is 171 Å². The number of nitrogens with two attached hydrogens (primary N) is 2. The van der Waals surface area contributed by atoms with Crippen molar-refractivity contribution in [2.45, 2.75) is 51.4 Å². The Morgan fingerprint density at radius 1 is 0.391 bits per heavy atom. The minimum Gasteiger partial charge on any atom is -0.512 e. The minimum absolute atomic E-state index is 0. The Morgan fingerprint density at radius 2 is 0.522 bits per heavy atom. The normalized spacial score (nSPS) is 5.91. The molecule has 0 saturated heterocycles. The Morgan fingerprint density at radius 3 is 0.652 bits per heavy atom. The van der Waals surface area contributed by atoms with E-state index >= 15 is 0 Å². The standard InChI is InChI=1S/C10H24N2.5CN.Fe/c11-9-7-5-3-1-2-4-6-8-10-12;5*1-2;/h1-12H2;;;;;;/q;5*-1;+5. The van der Waals surface area contributed by atoms with Crippen molar-refractivity contribution in [3.8, 4) is 0 Å². The molecule has 7 nitrogen and oxygen atoms in total. The summed E-state index contributed by atoms with van der Waals surface area (Å²) in [6.45, 7) is 25.5. The molecular formula is C15H24FeN7. The first-order valence-electron chi connectivity index (χ1n) is 6.43. The van der Waals surface area contributed by atoms with Crippen LogP contribution in [-0.4, -0.2) is 13.1 Å². The van der Waals surface area contributed by atoms with E-state index in [1.165, 1.54) is 51.4 Å². The Balaban J connectivity index is -0.0000000396. The van der Waals surface area contributed by atoms with Gasteiger partial charge in [-0.2, -0.15) is 0 Å². The number of hydrogen-bond donors (Lipinski definition) is 2. The molecule has 0 aromatic rings. The van der Waals surface area contributed by atoms with E-state index in [1.807, 2.05) is 0 Å². The summed E-state index contributed by atoms with van der Waals surface area (Å²) in [7, 11) is 0. The molecule has 0 saturated carbocycles. The zero-order valence-electron chi connectivity index (χ0n) is 13.3. The van der Waals surface area contributed by atoms with Crippen LogP contribution in [0.25, 0.3) is 0 Å². The van der Waals surface area contributed by atoms with Crippen molar-refractivity contribution in [2.24, 2.45) is 11.5 Å². The third-order valence-corrected chi connectivity index (χ3v) is 2.16. The fourth-order valence-electron chi connectivity index (χ4n) is 1.35. The molecule has 8 heteroatoms. The fourth-order valence-corrected chi connectivity index (χ4v) is 1.35. The summed E-state index contributed by atoms with van der Waals surface area (Å²) in [4.78, 5) is 0. The zero-order chi connectivity index (χ0) is 19.1. The summed E-state index contributed by atoms with van der Waals surface area (Å²) in [5.41, 5.74) is 10.8. The Bertz CT molecular complexity index is 189. The molecule has 0 aromatic heterocycles. The molecule has 0 aliphatic rings. The van der Waals surface area contributed by atoms with E-state index in [1.54, 1.807) is 0 Å². The quantitative estimate of drug-likeness (QED) is 0.362. The molecule has 127 valence electrons. The van der Waals surface area contributed by atoms with E-state index in [-0.39, 0.29) is 17.1 Å². The molecule has 1 radical (unpaired) electrons. The predicted octanol–water partition coefficient (Wildman–Crippen LogP) is 2.50. The Labute approximate surface area is 152 Å². The van der Waals surface area contributed by atoms with Crippen LogP contribution in [-0.2, 0) is 17.1 Å². The van der Waals surface area contributed by atoms with Gasteiger partial charge in [0, 0.05) is 0 Å². The van der Waals surface area contributed by atoms with Crippen molar-refractivity contribution in [1.82, 2.24) is 0 Å². The molecule has 0 atom stereocenters. The smallest absolute Gasteiger partial charge is 0.512 e. The van der Waals surface area contributed by atoms with Crippen molar-refractivity contribution in [3.05, 3.63) is 32.9 Å². The largest absolute Gasteiger partial charge is 5.00 e. The molecule has 23 heavy (non-hydrogen) atoms. The maximum Gasteiger partial charge on any atom is 5.00 e. The monoisotopic (exact) mass is 358 g/mol. The van der Waals surface area contributed by atoms with Crippen LogP contribution in [0.15, 0.2) is 0 Å². The van der Waals surface area contributed by atoms with Crippen LogP contribution >= 0.6 is 0 Å². The van der Waals surface area contributed by atoms with Crippen LogP contribution in [0.2, 0.25) is 0 Å². The molecule has 0 aliphatic heterocycles. The molecule has 0 bridgehead atoms. The van der Waals surface area contributed by atoms with Gasteiger partial charge in [0.15, 0.2) is 0 Å². The summed E-state index contributed by atoms with van der Waals surface area (Å²) in [5, 5.41) is 31.2. The summed E-state index contributed by atoms with van der Waals surface area (Å²) < 4.78 is 0. The van der Waals surface area contributed by atoms with Gasteiger partial charge in [0.25, 0.3) is 0 Å². The Kier molecular flexibility index (Phi) is 212. The first-order valence-corrected chi connectivity index (χ1v) is 6.43. The first kappa shape index (κ1) is 42.8. The van der Waals surface area contributed by atoms with E-state index in [2.05, 4.69) is 0 Å². The van der Waals surface area contributed by atoms with Gasteiger partial charge in [0.1, 0.15) is 0 Å². The number of rotatable bonds is 9. The summed E-state index contributed by atoms with van der Waals surface area (Å²) in [6.07, 6.45) is 10.5. The van der Waals surface area contributed by atoms with E-state index in [4.69, 9.17) is 70.6 Å². The molecule has 0 fully saturated rings. The van der Waals surface area contributed by atoms with Gasteiger partial charge < -0.3 is 70.6 Å². The fraction of sp³-hybridized carbons (Fsp3) is 0.667. The molecule has 0 unspecified atom stereocenters. The second kappa shape index (κ2) is 114. The zero-order valence-corrected chi connectivity index (χ0v) is 14.4. The van der Waals surface area contributed by atoms with E-state index < -0.39 is 0 Å². The van der Waals surface area contributed by atoms with E-state index in [0.29, 0.717) is 0 Å². The van der Waals surface area contributed by atoms with Gasteiger partial charge in [-0.1, -0.05) is 38.5 Å². The molecule has 0 spiro atoms. The van der Waals surface area contributed by atoms with Gasteiger partial charge >= 0.3 is 17.1 Å². The molecule has 0 rings (SSSR count). The van der Waals surface area contributed by atoms with Crippen LogP contribution in [0.3, 0.4) is 0 Å². The third-order valence-electron chi connectivity index (χ3n) is 2.16. The number of nitrogens with zero attached hydrogens (tertiary/aromatic N) is 5. The average Bonchev–Trinajstić information content (AvgIpc) is 2.66. The Hall–Kier alpha value is -2.11. The van der Waals surface area contributed by atoms with Crippen molar-refractivity contribution in [2.75, 3.05) is 13.1 Å². The average molecular weight is 358 g/mol. The second-order valence-corrected chi connectivity index (χ2v) is 3.41. The third kappa shape index (κ3) is 134. The van der Waals surface area contributed by atoms with Crippen molar-refractivity contribution in [1.29, 1.82) is 26.3 Å². The molecule has 0 amide bonds. The molecule has 0 heterocycles. The SMILES string of the molecule is NCCCCCCCCCCN.[C-]#N.[C-]#N.[C-]#N.[C-]#N.[C-]#N.[Fe+5]. The maximum absolute atomic E-state index is 6.25. The van der Waals surface area contributed by atoms with Crippen LogP contribution in [0, 0.1) is 59.2 Å². The van der Waals surface area contributed by atoms with Gasteiger partial charge in [0.2, 0.25) is 0 Å². The van der Waals surface area contributed by atoms with Crippen LogP contribution < -0.4 is 11.5 Å². The molecule has 0 aliphatic carbocycles. The van der Waals surface area contributed by atoms with Gasteiger partial charge in [-0.05, 0) is 25.9 Å². The second-order valence-electron chi connectivity index (χ2n) is 3.41. The minimum atomic E-state index is 0. The molecule has 4 N–H and O–H groups in total. The van der Waals surface area contributed by atoms with Crippen molar-refractivity contribution in [3.63, 3.8) is 0 Å². The van der Waals surface area contributed by atoms with Gasteiger partial charge in [-0.25, -0.2) is 0 Å². The van der Waals surface area contributed by atoms with Crippen molar-refractivity contribution < 1.29 is 17.1 Å². The van der Waals surface area contributed by atoms with Crippen LogP contribution in [0.1, 0.15) is 51.4 Å². The van der Waals surface area contributed by atoms with Crippen LogP contribution in [0.5, 0.6) is 0 Å². The van der Waals surface area contributed by atoms with E-state index in [9.17, 15) is 0 Å². The molecule has 0 aromatic carbocycles. The first-order chi connectivity index (χ1) is 10.9. The summed E-state index contributed by atoms with van der Waals surface area (Å²) >= 11 is 0. The van der Waals surface area contributed by atoms with Gasteiger partial charge in [-0.3, -0.25) is 0 Å². The number of hydrogen-bond acceptors (Lipinski definition) is 7. The van der Waals surface area contributed by atoms with Crippen molar-refractivity contribution >= 4 is 0 Å². The maximum atomic E-state index is 6.25.